The smallest absolute Gasteiger partial charge is 0.261 e. The number of halogens is 1. The first kappa shape index (κ1) is 25.0. The van der Waals surface area contributed by atoms with E-state index in [1.807, 2.05) is 36.4 Å². The summed E-state index contributed by atoms with van der Waals surface area (Å²) in [4.78, 5) is 18.0. The van der Waals surface area contributed by atoms with E-state index in [1.165, 1.54) is 11.1 Å². The SMILES string of the molecule is Cc1ccc(OCCOCCn2c(-c3ccc(Cl)cc3)nc3ccccc3c2=O)c(C(C)(C)C)c1. The first-order chi connectivity index (χ1) is 16.7. The van der Waals surface area contributed by atoms with Crippen molar-refractivity contribution in [2.45, 2.75) is 39.7 Å². The number of rotatable bonds is 8. The van der Waals surface area contributed by atoms with Crippen LogP contribution in [0.25, 0.3) is 22.3 Å². The second-order valence-electron chi connectivity index (χ2n) is 9.63. The van der Waals surface area contributed by atoms with Crippen molar-refractivity contribution in [2.75, 3.05) is 19.8 Å². The molecule has 0 spiro atoms. The predicted octanol–water partition coefficient (Wildman–Crippen LogP) is 6.42. The number of para-hydroxylation sites is 1. The Balaban J connectivity index is 1.45. The molecule has 182 valence electrons. The number of benzene rings is 3. The zero-order valence-corrected chi connectivity index (χ0v) is 21.4. The third-order valence-electron chi connectivity index (χ3n) is 5.85. The van der Waals surface area contributed by atoms with E-state index >= 15 is 0 Å². The molecule has 3 aromatic carbocycles. The Morgan fingerprint density at radius 3 is 2.43 bits per heavy atom. The van der Waals surface area contributed by atoms with Crippen molar-refractivity contribution in [3.05, 3.63) is 93.2 Å². The van der Waals surface area contributed by atoms with Gasteiger partial charge >= 0.3 is 0 Å². The lowest BCUT2D eigenvalue weighted by Gasteiger charge is -2.23. The number of fused-ring (bicyclic) bond motifs is 1. The molecule has 35 heavy (non-hydrogen) atoms. The topological polar surface area (TPSA) is 53.4 Å². The minimum Gasteiger partial charge on any atom is -0.491 e. The molecule has 0 aliphatic heterocycles. The maximum Gasteiger partial charge on any atom is 0.261 e. The van der Waals surface area contributed by atoms with Gasteiger partial charge in [-0.1, -0.05) is 62.2 Å². The molecular formula is C29H31ClN2O3. The van der Waals surface area contributed by atoms with E-state index in [1.54, 1.807) is 22.8 Å². The standard InChI is InChI=1S/C29H31ClN2O3/c1-20-9-14-26(24(19-20)29(2,3)4)35-18-17-34-16-15-32-27(21-10-12-22(30)13-11-21)31-25-8-6-5-7-23(25)28(32)33/h5-14,19H,15-18H2,1-4H3. The number of aryl methyl sites for hydroxylation is 1. The molecular weight excluding hydrogens is 460 g/mol. The summed E-state index contributed by atoms with van der Waals surface area (Å²) in [6, 6.07) is 21.0. The fourth-order valence-electron chi connectivity index (χ4n) is 4.02. The van der Waals surface area contributed by atoms with Gasteiger partial charge in [0.25, 0.3) is 5.56 Å². The number of aromatic nitrogens is 2. The first-order valence-corrected chi connectivity index (χ1v) is 12.2. The van der Waals surface area contributed by atoms with Crippen molar-refractivity contribution < 1.29 is 9.47 Å². The van der Waals surface area contributed by atoms with Crippen LogP contribution < -0.4 is 10.3 Å². The number of nitrogens with zero attached hydrogens (tertiary/aromatic N) is 2. The van der Waals surface area contributed by atoms with Gasteiger partial charge in [-0.3, -0.25) is 9.36 Å². The van der Waals surface area contributed by atoms with Crippen LogP contribution in [0.3, 0.4) is 0 Å². The van der Waals surface area contributed by atoms with Crippen molar-refractivity contribution in [3.8, 4) is 17.1 Å². The monoisotopic (exact) mass is 490 g/mol. The summed E-state index contributed by atoms with van der Waals surface area (Å²) in [6.07, 6.45) is 0. The highest BCUT2D eigenvalue weighted by Crippen LogP contribution is 2.32. The largest absolute Gasteiger partial charge is 0.491 e. The molecule has 0 saturated heterocycles. The van der Waals surface area contributed by atoms with Crippen LogP contribution in [0.4, 0.5) is 0 Å². The van der Waals surface area contributed by atoms with Crippen molar-refractivity contribution in [1.82, 2.24) is 9.55 Å². The summed E-state index contributed by atoms with van der Waals surface area (Å²) >= 11 is 6.06. The molecule has 0 unspecified atom stereocenters. The molecule has 0 fully saturated rings. The summed E-state index contributed by atoms with van der Waals surface area (Å²) < 4.78 is 13.6. The van der Waals surface area contributed by atoms with Gasteiger partial charge in [-0.05, 0) is 60.4 Å². The van der Waals surface area contributed by atoms with Crippen molar-refractivity contribution >= 4 is 22.5 Å². The summed E-state index contributed by atoms with van der Waals surface area (Å²) in [5, 5.41) is 1.22. The van der Waals surface area contributed by atoms with E-state index in [2.05, 4.69) is 39.8 Å². The summed E-state index contributed by atoms with van der Waals surface area (Å²) in [7, 11) is 0. The highest BCUT2D eigenvalue weighted by molar-refractivity contribution is 6.30. The van der Waals surface area contributed by atoms with Crippen LogP contribution in [0.1, 0.15) is 31.9 Å². The zero-order valence-electron chi connectivity index (χ0n) is 20.7. The maximum absolute atomic E-state index is 13.3. The van der Waals surface area contributed by atoms with Crippen LogP contribution in [0.15, 0.2) is 71.5 Å². The first-order valence-electron chi connectivity index (χ1n) is 11.8. The fourth-order valence-corrected chi connectivity index (χ4v) is 4.15. The quantitative estimate of drug-likeness (QED) is 0.267. The third-order valence-corrected chi connectivity index (χ3v) is 6.10. The van der Waals surface area contributed by atoms with Crippen LogP contribution >= 0.6 is 11.6 Å². The Bertz CT molecular complexity index is 1370. The molecule has 4 aromatic rings. The lowest BCUT2D eigenvalue weighted by molar-refractivity contribution is 0.0934. The fraction of sp³-hybridized carbons (Fsp3) is 0.310. The van der Waals surface area contributed by atoms with E-state index in [-0.39, 0.29) is 11.0 Å². The second kappa shape index (κ2) is 10.6. The van der Waals surface area contributed by atoms with Crippen LogP contribution in [0.5, 0.6) is 5.75 Å². The summed E-state index contributed by atoms with van der Waals surface area (Å²) in [5.74, 6) is 1.48. The Hall–Kier alpha value is -3.15. The Kier molecular flexibility index (Phi) is 7.58. The average Bonchev–Trinajstić information content (AvgIpc) is 2.83. The van der Waals surface area contributed by atoms with Gasteiger partial charge in [-0.15, -0.1) is 0 Å². The maximum atomic E-state index is 13.3. The highest BCUT2D eigenvalue weighted by atomic mass is 35.5. The molecule has 1 aromatic heterocycles. The predicted molar refractivity (Wildman–Crippen MR) is 143 cm³/mol. The van der Waals surface area contributed by atoms with Gasteiger partial charge in [0, 0.05) is 10.6 Å². The molecule has 0 saturated carbocycles. The van der Waals surface area contributed by atoms with Crippen LogP contribution in [0, 0.1) is 6.92 Å². The molecule has 0 radical (unpaired) electrons. The molecule has 4 rings (SSSR count). The molecule has 1 heterocycles. The normalized spacial score (nSPS) is 11.7. The number of ether oxygens (including phenoxy) is 2. The van der Waals surface area contributed by atoms with Crippen LogP contribution in [0.2, 0.25) is 5.02 Å². The molecule has 0 atom stereocenters. The van der Waals surface area contributed by atoms with Gasteiger partial charge in [0.05, 0.1) is 30.7 Å². The molecule has 0 bridgehead atoms. The average molecular weight is 491 g/mol. The van der Waals surface area contributed by atoms with Crippen molar-refractivity contribution in [3.63, 3.8) is 0 Å². The Labute approximate surface area is 211 Å². The van der Waals surface area contributed by atoms with E-state index in [0.717, 1.165) is 11.3 Å². The van der Waals surface area contributed by atoms with Gasteiger partial charge in [0.15, 0.2) is 0 Å². The highest BCUT2D eigenvalue weighted by Gasteiger charge is 2.19. The lowest BCUT2D eigenvalue weighted by Crippen LogP contribution is -2.26. The van der Waals surface area contributed by atoms with E-state index in [4.69, 9.17) is 26.1 Å². The summed E-state index contributed by atoms with van der Waals surface area (Å²) in [6.45, 7) is 10.2. The minimum atomic E-state index is -0.0881. The molecule has 0 N–H and O–H groups in total. The van der Waals surface area contributed by atoms with Crippen molar-refractivity contribution in [2.24, 2.45) is 0 Å². The molecule has 0 amide bonds. The van der Waals surface area contributed by atoms with E-state index in [0.29, 0.717) is 48.1 Å². The zero-order chi connectivity index (χ0) is 25.0. The van der Waals surface area contributed by atoms with Crippen LogP contribution in [-0.4, -0.2) is 29.4 Å². The minimum absolute atomic E-state index is 0.00940. The van der Waals surface area contributed by atoms with Gasteiger partial charge in [0.1, 0.15) is 18.2 Å². The molecule has 0 aliphatic carbocycles. The van der Waals surface area contributed by atoms with E-state index in [9.17, 15) is 4.79 Å². The number of hydrogen-bond acceptors (Lipinski definition) is 4. The Morgan fingerprint density at radius 1 is 0.943 bits per heavy atom. The molecule has 6 heteroatoms. The van der Waals surface area contributed by atoms with Gasteiger partial charge < -0.3 is 9.47 Å². The summed E-state index contributed by atoms with van der Waals surface area (Å²) in [5.41, 5.74) is 3.79. The molecule has 5 nitrogen and oxygen atoms in total. The molecule has 0 aliphatic rings. The van der Waals surface area contributed by atoms with E-state index < -0.39 is 0 Å². The lowest BCUT2D eigenvalue weighted by atomic mass is 9.85. The Morgan fingerprint density at radius 2 is 1.69 bits per heavy atom. The second-order valence-corrected chi connectivity index (χ2v) is 10.1. The van der Waals surface area contributed by atoms with Crippen LogP contribution in [-0.2, 0) is 16.7 Å². The van der Waals surface area contributed by atoms with Crippen molar-refractivity contribution in [1.29, 1.82) is 0 Å². The third kappa shape index (κ3) is 5.92. The van der Waals surface area contributed by atoms with Gasteiger partial charge in [0.2, 0.25) is 0 Å². The number of hydrogen-bond donors (Lipinski definition) is 0. The van der Waals surface area contributed by atoms with Gasteiger partial charge in [-0.2, -0.15) is 0 Å². The van der Waals surface area contributed by atoms with Gasteiger partial charge in [-0.25, -0.2) is 4.98 Å².